The van der Waals surface area contributed by atoms with E-state index >= 15 is 0 Å². The van der Waals surface area contributed by atoms with Crippen molar-refractivity contribution in [1.29, 1.82) is 0 Å². The summed E-state index contributed by atoms with van der Waals surface area (Å²) in [6, 6.07) is -0.362. The molecular formula is C41H79N2O9PS. The van der Waals surface area contributed by atoms with Crippen LogP contribution in [0.2, 0.25) is 0 Å². The Morgan fingerprint density at radius 1 is 0.704 bits per heavy atom. The number of hydrogen-bond donors (Lipinski definition) is 2. The summed E-state index contributed by atoms with van der Waals surface area (Å²) >= 11 is 1.42. The zero-order valence-electron chi connectivity index (χ0n) is 34.8. The number of carbonyl (C=O) groups is 3. The third-order valence-corrected chi connectivity index (χ3v) is 13.2. The van der Waals surface area contributed by atoms with Crippen LogP contribution in [-0.2, 0) is 42.2 Å². The second-order valence-corrected chi connectivity index (χ2v) is 18.4. The van der Waals surface area contributed by atoms with Gasteiger partial charge in [0.05, 0.1) is 37.3 Å². The molecule has 2 unspecified atom stereocenters. The predicted octanol–water partition coefficient (Wildman–Crippen LogP) is 9.87. The first-order valence-electron chi connectivity index (χ1n) is 21.6. The maximum atomic E-state index is 13.0. The molecule has 0 aromatic rings. The van der Waals surface area contributed by atoms with Gasteiger partial charge in [0.2, 0.25) is 12.2 Å². The fourth-order valence-electron chi connectivity index (χ4n) is 6.37. The van der Waals surface area contributed by atoms with Crippen molar-refractivity contribution in [3.8, 4) is 0 Å². The minimum absolute atomic E-state index is 0.0107. The van der Waals surface area contributed by atoms with Crippen LogP contribution >= 0.6 is 19.4 Å². The number of unbranched alkanes of at least 4 members (excludes halogenated alkanes) is 16. The van der Waals surface area contributed by atoms with Gasteiger partial charge in [-0.2, -0.15) is 0 Å². The number of thioether (sulfide) groups is 1. The van der Waals surface area contributed by atoms with Crippen molar-refractivity contribution < 1.29 is 42.2 Å². The maximum Gasteiger partial charge on any atom is 0.330 e. The molecule has 0 aromatic carbocycles. The van der Waals surface area contributed by atoms with Gasteiger partial charge in [-0.15, -0.1) is 11.8 Å². The molecule has 0 aliphatic heterocycles. The first kappa shape index (κ1) is 50.8. The molecule has 11 nitrogen and oxygen atoms in total. The standard InChI is InChI=1S/C41H79N2O9PS/c1-6-10-12-14-16-18-20-22-24-27-36(44)51-38(52-37(45)28-25-23-21-19-17-15-13-11-7-2)29-32-54-34(5)41(46)43-40-35(39(40)42)33-48-30-26-31-53(47,49-8-3)50-9-4/h34-35,38-40H,6-33,42H2,1-5H3,(H,43,46)/t34-,35?,39?,40-/m1/s1. The molecule has 318 valence electrons. The summed E-state index contributed by atoms with van der Waals surface area (Å²) in [6.45, 7) is 11.3. The van der Waals surface area contributed by atoms with Crippen LogP contribution in [0.4, 0.5) is 0 Å². The Labute approximate surface area is 333 Å². The number of ether oxygens (including phenoxy) is 3. The summed E-state index contributed by atoms with van der Waals surface area (Å²) in [6.07, 6.45) is 21.6. The molecule has 0 saturated heterocycles. The van der Waals surface area contributed by atoms with Crippen molar-refractivity contribution in [1.82, 2.24) is 5.32 Å². The lowest BCUT2D eigenvalue weighted by atomic mass is 10.1. The molecule has 13 heteroatoms. The van der Waals surface area contributed by atoms with Gasteiger partial charge in [0.25, 0.3) is 0 Å². The van der Waals surface area contributed by atoms with Crippen LogP contribution in [0.25, 0.3) is 0 Å². The topological polar surface area (TPSA) is 152 Å². The van der Waals surface area contributed by atoms with Gasteiger partial charge in [0, 0.05) is 43.6 Å². The summed E-state index contributed by atoms with van der Waals surface area (Å²) in [5.74, 6) is -0.326. The Balaban J connectivity index is 2.46. The molecule has 1 rings (SSSR count). The lowest BCUT2D eigenvalue weighted by Crippen LogP contribution is -2.36. The number of nitrogens with two attached hydrogens (primary N) is 1. The number of amides is 1. The Morgan fingerprint density at radius 2 is 1.17 bits per heavy atom. The fraction of sp³-hybridized carbons (Fsp3) is 0.927. The van der Waals surface area contributed by atoms with Crippen molar-refractivity contribution in [3.63, 3.8) is 0 Å². The van der Waals surface area contributed by atoms with E-state index in [2.05, 4.69) is 19.2 Å². The SMILES string of the molecule is CCCCCCCCCCCC(=O)OC(CCS[C@H](C)C(=O)N[C@H]1C(N)C1COCCCP(=O)(OCC)OCC)OC(=O)CCCCCCCCCCC. The molecule has 0 radical (unpaired) electrons. The van der Waals surface area contributed by atoms with E-state index in [0.717, 1.165) is 38.5 Å². The minimum atomic E-state index is -3.09. The molecule has 54 heavy (non-hydrogen) atoms. The van der Waals surface area contributed by atoms with Crippen LogP contribution in [0.5, 0.6) is 0 Å². The largest absolute Gasteiger partial charge is 0.425 e. The highest BCUT2D eigenvalue weighted by molar-refractivity contribution is 8.00. The van der Waals surface area contributed by atoms with E-state index in [9.17, 15) is 18.9 Å². The lowest BCUT2D eigenvalue weighted by molar-refractivity contribution is -0.188. The number of nitrogens with one attached hydrogen (secondary N) is 1. The predicted molar refractivity (Wildman–Crippen MR) is 221 cm³/mol. The second-order valence-electron chi connectivity index (χ2n) is 14.7. The van der Waals surface area contributed by atoms with Crippen LogP contribution in [-0.4, -0.2) is 79.8 Å². The third kappa shape index (κ3) is 25.9. The Kier molecular flexibility index (Phi) is 30.9. The van der Waals surface area contributed by atoms with Crippen LogP contribution in [0.1, 0.15) is 176 Å². The molecular weight excluding hydrogens is 727 g/mol. The van der Waals surface area contributed by atoms with Crippen molar-refractivity contribution in [2.45, 2.75) is 200 Å². The number of carbonyl (C=O) groups excluding carboxylic acids is 3. The molecule has 1 amide bonds. The summed E-state index contributed by atoms with van der Waals surface area (Å²) < 4.78 is 40.4. The first-order chi connectivity index (χ1) is 26.1. The highest BCUT2D eigenvalue weighted by atomic mass is 32.2. The quantitative estimate of drug-likeness (QED) is 0.0265. The molecule has 0 aromatic heterocycles. The summed E-state index contributed by atoms with van der Waals surface area (Å²) in [7, 11) is -3.09. The van der Waals surface area contributed by atoms with E-state index in [-0.39, 0.29) is 47.3 Å². The summed E-state index contributed by atoms with van der Waals surface area (Å²) in [4.78, 5) is 38.5. The van der Waals surface area contributed by atoms with Crippen LogP contribution in [0.3, 0.4) is 0 Å². The Bertz CT molecular complexity index is 977. The average molecular weight is 807 g/mol. The number of rotatable bonds is 38. The molecule has 4 atom stereocenters. The minimum Gasteiger partial charge on any atom is -0.425 e. The monoisotopic (exact) mass is 807 g/mol. The molecule has 0 spiro atoms. The van der Waals surface area contributed by atoms with E-state index < -0.39 is 13.9 Å². The zero-order valence-corrected chi connectivity index (χ0v) is 36.5. The van der Waals surface area contributed by atoms with Gasteiger partial charge in [0.1, 0.15) is 0 Å². The third-order valence-electron chi connectivity index (χ3n) is 9.81. The second kappa shape index (κ2) is 32.9. The highest BCUT2D eigenvalue weighted by Gasteiger charge is 2.49. The van der Waals surface area contributed by atoms with Gasteiger partial charge >= 0.3 is 19.5 Å². The van der Waals surface area contributed by atoms with E-state index in [1.165, 1.54) is 88.8 Å². The fourth-order valence-corrected chi connectivity index (χ4v) is 8.91. The lowest BCUT2D eigenvalue weighted by Gasteiger charge is -2.19. The molecule has 0 bridgehead atoms. The van der Waals surface area contributed by atoms with E-state index in [0.29, 0.717) is 57.9 Å². The van der Waals surface area contributed by atoms with Gasteiger partial charge in [-0.25, -0.2) is 0 Å². The molecule has 3 N–H and O–H groups in total. The van der Waals surface area contributed by atoms with Crippen molar-refractivity contribution in [2.75, 3.05) is 38.3 Å². The zero-order chi connectivity index (χ0) is 39.9. The molecule has 1 aliphatic carbocycles. The van der Waals surface area contributed by atoms with E-state index in [4.69, 9.17) is 29.0 Å². The van der Waals surface area contributed by atoms with E-state index in [1.54, 1.807) is 13.8 Å². The van der Waals surface area contributed by atoms with Gasteiger partial charge in [-0.05, 0) is 40.0 Å². The van der Waals surface area contributed by atoms with Crippen molar-refractivity contribution >= 4 is 37.2 Å². The van der Waals surface area contributed by atoms with Gasteiger partial charge in [-0.1, -0.05) is 117 Å². The summed E-state index contributed by atoms with van der Waals surface area (Å²) in [5, 5.41) is 2.66. The van der Waals surface area contributed by atoms with Gasteiger partial charge in [-0.3, -0.25) is 18.9 Å². The Morgan fingerprint density at radius 3 is 1.63 bits per heavy atom. The van der Waals surface area contributed by atoms with Crippen molar-refractivity contribution in [3.05, 3.63) is 0 Å². The average Bonchev–Trinajstić information content (AvgIpc) is 3.75. The van der Waals surface area contributed by atoms with Crippen LogP contribution in [0, 0.1) is 5.92 Å². The van der Waals surface area contributed by atoms with Gasteiger partial charge < -0.3 is 34.3 Å². The van der Waals surface area contributed by atoms with Crippen molar-refractivity contribution in [2.24, 2.45) is 11.7 Å². The highest BCUT2D eigenvalue weighted by Crippen LogP contribution is 2.48. The summed E-state index contributed by atoms with van der Waals surface area (Å²) in [5.41, 5.74) is 6.23. The molecule has 0 heterocycles. The van der Waals surface area contributed by atoms with Crippen LogP contribution in [0.15, 0.2) is 0 Å². The smallest absolute Gasteiger partial charge is 0.330 e. The van der Waals surface area contributed by atoms with E-state index in [1.807, 2.05) is 6.92 Å². The number of hydrogen-bond acceptors (Lipinski definition) is 11. The Hall–Kier alpha value is -1.17. The normalized spacial score (nSPS) is 17.4. The maximum absolute atomic E-state index is 13.0. The van der Waals surface area contributed by atoms with Gasteiger partial charge in [0.15, 0.2) is 0 Å². The number of esters is 2. The molecule has 1 saturated carbocycles. The van der Waals surface area contributed by atoms with Crippen LogP contribution < -0.4 is 11.1 Å². The molecule has 1 aliphatic rings. The molecule has 1 fully saturated rings. The first-order valence-corrected chi connectivity index (χ1v) is 24.4.